The number of pyridine rings is 1. The van der Waals surface area contributed by atoms with E-state index in [1.165, 1.54) is 0 Å². The van der Waals surface area contributed by atoms with Crippen LogP contribution >= 0.6 is 27.5 Å². The molecule has 20 heavy (non-hydrogen) atoms. The fraction of sp³-hybridized carbons (Fsp3) is 0.214. The van der Waals surface area contributed by atoms with Crippen LogP contribution in [0.2, 0.25) is 5.02 Å². The van der Waals surface area contributed by atoms with Gasteiger partial charge in [0.15, 0.2) is 11.6 Å². The zero-order valence-corrected chi connectivity index (χ0v) is 13.0. The molecular formula is C14H12BrClF2N2. The van der Waals surface area contributed by atoms with Crippen LogP contribution in [0.4, 0.5) is 8.78 Å². The molecule has 0 radical (unpaired) electrons. The molecule has 6 heteroatoms. The molecule has 0 spiro atoms. The van der Waals surface area contributed by atoms with E-state index in [2.05, 4.69) is 26.2 Å². The summed E-state index contributed by atoms with van der Waals surface area (Å²) in [5.41, 5.74) is 1.52. The minimum absolute atomic E-state index is 0.127. The summed E-state index contributed by atoms with van der Waals surface area (Å²) in [5.74, 6) is -1.76. The highest BCUT2D eigenvalue weighted by molar-refractivity contribution is 9.10. The minimum atomic E-state index is -0.886. The SMILES string of the molecule is CNC(Cc1ccncc1Cl)c1ccc(F)c(F)c1Br. The Morgan fingerprint density at radius 3 is 2.75 bits per heavy atom. The van der Waals surface area contributed by atoms with Gasteiger partial charge in [-0.15, -0.1) is 0 Å². The summed E-state index contributed by atoms with van der Waals surface area (Å²) in [5, 5.41) is 3.63. The zero-order valence-electron chi connectivity index (χ0n) is 10.6. The fourth-order valence-corrected chi connectivity index (χ4v) is 2.76. The molecule has 0 amide bonds. The van der Waals surface area contributed by atoms with Crippen molar-refractivity contribution in [1.29, 1.82) is 0 Å². The summed E-state index contributed by atoms with van der Waals surface area (Å²) in [4.78, 5) is 3.92. The third-order valence-electron chi connectivity index (χ3n) is 3.07. The van der Waals surface area contributed by atoms with Crippen LogP contribution in [0.3, 0.4) is 0 Å². The first-order valence-corrected chi connectivity index (χ1v) is 7.10. The standard InChI is InChI=1S/C14H12BrClF2N2/c1-19-12(6-8-4-5-20-7-10(8)16)9-2-3-11(17)14(18)13(9)15/h2-5,7,12,19H,6H2,1H3. The monoisotopic (exact) mass is 360 g/mol. The molecule has 0 saturated heterocycles. The van der Waals surface area contributed by atoms with Crippen LogP contribution in [0, 0.1) is 11.6 Å². The molecule has 2 nitrogen and oxygen atoms in total. The van der Waals surface area contributed by atoms with Crippen molar-refractivity contribution in [2.75, 3.05) is 7.05 Å². The molecule has 0 aliphatic rings. The van der Waals surface area contributed by atoms with Gasteiger partial charge in [-0.25, -0.2) is 8.78 Å². The topological polar surface area (TPSA) is 24.9 Å². The summed E-state index contributed by atoms with van der Waals surface area (Å²) < 4.78 is 26.9. The van der Waals surface area contributed by atoms with E-state index in [0.29, 0.717) is 17.0 Å². The maximum Gasteiger partial charge on any atom is 0.173 e. The van der Waals surface area contributed by atoms with Crippen molar-refractivity contribution in [3.63, 3.8) is 0 Å². The van der Waals surface area contributed by atoms with Gasteiger partial charge < -0.3 is 5.32 Å². The van der Waals surface area contributed by atoms with Gasteiger partial charge in [0.2, 0.25) is 0 Å². The molecule has 1 unspecified atom stereocenters. The molecule has 0 aliphatic carbocycles. The van der Waals surface area contributed by atoms with Gasteiger partial charge in [-0.3, -0.25) is 4.98 Å². The number of nitrogens with zero attached hydrogens (tertiary/aromatic N) is 1. The molecule has 1 aromatic heterocycles. The Morgan fingerprint density at radius 1 is 1.35 bits per heavy atom. The molecule has 106 valence electrons. The Labute approximate surface area is 129 Å². The van der Waals surface area contributed by atoms with Gasteiger partial charge in [0.1, 0.15) is 0 Å². The van der Waals surface area contributed by atoms with E-state index < -0.39 is 11.6 Å². The summed E-state index contributed by atoms with van der Waals surface area (Å²) in [6.07, 6.45) is 3.75. The quantitative estimate of drug-likeness (QED) is 0.822. The van der Waals surface area contributed by atoms with Crippen LogP contribution in [-0.2, 0) is 6.42 Å². The van der Waals surface area contributed by atoms with E-state index in [1.807, 2.05) is 0 Å². The van der Waals surface area contributed by atoms with Gasteiger partial charge in [0.25, 0.3) is 0 Å². The van der Waals surface area contributed by atoms with Crippen LogP contribution in [0.15, 0.2) is 35.1 Å². The van der Waals surface area contributed by atoms with E-state index in [9.17, 15) is 8.78 Å². The Morgan fingerprint density at radius 2 is 2.10 bits per heavy atom. The lowest BCUT2D eigenvalue weighted by Gasteiger charge is -2.19. The van der Waals surface area contributed by atoms with Crippen molar-refractivity contribution < 1.29 is 8.78 Å². The number of benzene rings is 1. The van der Waals surface area contributed by atoms with E-state index in [4.69, 9.17) is 11.6 Å². The number of rotatable bonds is 4. The minimum Gasteiger partial charge on any atom is -0.313 e. The Balaban J connectivity index is 2.34. The first kappa shape index (κ1) is 15.4. The molecule has 1 atom stereocenters. The summed E-state index contributed by atoms with van der Waals surface area (Å²) >= 11 is 9.18. The number of aromatic nitrogens is 1. The normalized spacial score (nSPS) is 12.4. The molecular weight excluding hydrogens is 350 g/mol. The van der Waals surface area contributed by atoms with E-state index in [0.717, 1.165) is 11.6 Å². The molecule has 0 saturated carbocycles. The lowest BCUT2D eigenvalue weighted by molar-refractivity contribution is 0.495. The molecule has 2 rings (SSSR count). The second-order valence-electron chi connectivity index (χ2n) is 4.28. The van der Waals surface area contributed by atoms with E-state index in [1.54, 1.807) is 31.6 Å². The number of hydrogen-bond donors (Lipinski definition) is 1. The van der Waals surface area contributed by atoms with E-state index in [-0.39, 0.29) is 10.5 Å². The third-order valence-corrected chi connectivity index (χ3v) is 4.22. The lowest BCUT2D eigenvalue weighted by Crippen LogP contribution is -2.20. The summed E-state index contributed by atoms with van der Waals surface area (Å²) in [7, 11) is 1.76. The molecule has 1 N–H and O–H groups in total. The second-order valence-corrected chi connectivity index (χ2v) is 5.48. The average Bonchev–Trinajstić information content (AvgIpc) is 2.45. The Bertz CT molecular complexity index is 622. The number of likely N-dealkylation sites (N-methyl/N-ethyl adjacent to an activating group) is 1. The van der Waals surface area contributed by atoms with Crippen LogP contribution in [0.5, 0.6) is 0 Å². The Hall–Kier alpha value is -1.04. The first-order valence-electron chi connectivity index (χ1n) is 5.93. The maximum atomic E-state index is 13.6. The molecule has 0 aliphatic heterocycles. The van der Waals surface area contributed by atoms with Crippen molar-refractivity contribution >= 4 is 27.5 Å². The van der Waals surface area contributed by atoms with Crippen molar-refractivity contribution in [3.05, 3.63) is 62.8 Å². The van der Waals surface area contributed by atoms with Crippen LogP contribution in [-0.4, -0.2) is 12.0 Å². The predicted molar refractivity (Wildman–Crippen MR) is 78.8 cm³/mol. The molecule has 2 aromatic rings. The van der Waals surface area contributed by atoms with E-state index >= 15 is 0 Å². The fourth-order valence-electron chi connectivity index (χ4n) is 1.97. The van der Waals surface area contributed by atoms with Crippen molar-refractivity contribution in [1.82, 2.24) is 10.3 Å². The van der Waals surface area contributed by atoms with Gasteiger partial charge in [-0.05, 0) is 52.7 Å². The Kier molecular flexibility index (Phi) is 5.07. The average molecular weight is 362 g/mol. The highest BCUT2D eigenvalue weighted by Crippen LogP contribution is 2.30. The summed E-state index contributed by atoms with van der Waals surface area (Å²) in [6, 6.07) is 4.28. The molecule has 0 bridgehead atoms. The predicted octanol–water partition coefficient (Wildman–Crippen LogP) is 4.28. The second kappa shape index (κ2) is 6.61. The van der Waals surface area contributed by atoms with Gasteiger partial charge in [-0.1, -0.05) is 17.7 Å². The van der Waals surface area contributed by atoms with Gasteiger partial charge in [0, 0.05) is 18.4 Å². The molecule has 0 fully saturated rings. The smallest absolute Gasteiger partial charge is 0.173 e. The highest BCUT2D eigenvalue weighted by atomic mass is 79.9. The molecule has 1 aromatic carbocycles. The summed E-state index contributed by atoms with van der Waals surface area (Å²) in [6.45, 7) is 0. The van der Waals surface area contributed by atoms with Crippen molar-refractivity contribution in [2.24, 2.45) is 0 Å². The largest absolute Gasteiger partial charge is 0.313 e. The van der Waals surface area contributed by atoms with Gasteiger partial charge >= 0.3 is 0 Å². The third kappa shape index (κ3) is 3.16. The molecule has 1 heterocycles. The number of hydrogen-bond acceptors (Lipinski definition) is 2. The first-order chi connectivity index (χ1) is 9.54. The van der Waals surface area contributed by atoms with Crippen LogP contribution in [0.25, 0.3) is 0 Å². The zero-order chi connectivity index (χ0) is 14.7. The number of nitrogens with one attached hydrogen (secondary N) is 1. The lowest BCUT2D eigenvalue weighted by atomic mass is 9.99. The van der Waals surface area contributed by atoms with Gasteiger partial charge in [0.05, 0.1) is 9.50 Å². The maximum absolute atomic E-state index is 13.6. The van der Waals surface area contributed by atoms with Gasteiger partial charge in [-0.2, -0.15) is 0 Å². The van der Waals surface area contributed by atoms with Crippen LogP contribution in [0.1, 0.15) is 17.2 Å². The van der Waals surface area contributed by atoms with Crippen molar-refractivity contribution in [2.45, 2.75) is 12.5 Å². The number of halogens is 4. The highest BCUT2D eigenvalue weighted by Gasteiger charge is 2.19. The van der Waals surface area contributed by atoms with Crippen LogP contribution < -0.4 is 5.32 Å². The van der Waals surface area contributed by atoms with Crippen molar-refractivity contribution in [3.8, 4) is 0 Å².